The fraction of sp³-hybridized carbons (Fsp3) is 0.333. The molecule has 0 atom stereocenters. The summed E-state index contributed by atoms with van der Waals surface area (Å²) >= 11 is 0. The molecule has 3 aromatic rings. The maximum Gasteiger partial charge on any atom is 0.251 e. The molecule has 0 bridgehead atoms. The van der Waals surface area contributed by atoms with Crippen molar-refractivity contribution in [2.45, 2.75) is 52.5 Å². The number of benzene rings is 1. The minimum Gasteiger partial charge on any atom is -0.508 e. The van der Waals surface area contributed by atoms with Gasteiger partial charge in [-0.3, -0.25) is 9.78 Å². The van der Waals surface area contributed by atoms with Gasteiger partial charge in [-0.05, 0) is 56.0 Å². The van der Waals surface area contributed by atoms with Crippen LogP contribution in [0, 0.1) is 6.92 Å². The summed E-state index contributed by atoms with van der Waals surface area (Å²) in [5.41, 5.74) is 11.2. The van der Waals surface area contributed by atoms with Crippen LogP contribution < -0.4 is 5.73 Å². The van der Waals surface area contributed by atoms with Crippen molar-refractivity contribution >= 4 is 5.91 Å². The summed E-state index contributed by atoms with van der Waals surface area (Å²) in [4.78, 5) is 16.9. The van der Waals surface area contributed by atoms with Gasteiger partial charge in [0.25, 0.3) is 5.91 Å². The molecule has 1 amide bonds. The number of hydrogen-bond donors (Lipinski definition) is 2. The highest BCUT2D eigenvalue weighted by Gasteiger charge is 2.25. The fourth-order valence-corrected chi connectivity index (χ4v) is 3.89. The third-order valence-electron chi connectivity index (χ3n) is 5.38. The van der Waals surface area contributed by atoms with Crippen LogP contribution in [-0.2, 0) is 19.4 Å². The van der Waals surface area contributed by atoms with Crippen LogP contribution in [0.1, 0.15) is 53.5 Å². The van der Waals surface area contributed by atoms with E-state index in [0.29, 0.717) is 5.56 Å². The predicted molar refractivity (Wildman–Crippen MR) is 116 cm³/mol. The fourth-order valence-electron chi connectivity index (χ4n) is 3.89. The number of carbonyl (C=O) groups excluding carboxylic acids is 1. The second-order valence-corrected chi connectivity index (χ2v) is 7.39. The predicted octanol–water partition coefficient (Wildman–Crippen LogP) is 4.64. The molecule has 0 saturated heterocycles. The first-order valence-electron chi connectivity index (χ1n) is 10.2. The Labute approximate surface area is 172 Å². The zero-order chi connectivity index (χ0) is 20.8. The van der Waals surface area contributed by atoms with E-state index in [9.17, 15) is 9.90 Å². The van der Waals surface area contributed by atoms with Gasteiger partial charge in [-0.15, -0.1) is 0 Å². The quantitative estimate of drug-likeness (QED) is 0.522. The number of nitrogens with zero attached hydrogens (tertiary/aromatic N) is 2. The zero-order valence-electron chi connectivity index (χ0n) is 17.2. The minimum absolute atomic E-state index is 0.264. The summed E-state index contributed by atoms with van der Waals surface area (Å²) < 4.78 is 2.23. The lowest BCUT2D eigenvalue weighted by Crippen LogP contribution is -2.14. The average Bonchev–Trinajstić information content (AvgIpc) is 3.00. The van der Waals surface area contributed by atoms with E-state index in [4.69, 9.17) is 5.73 Å². The van der Waals surface area contributed by atoms with Crippen LogP contribution in [0.25, 0.3) is 11.3 Å². The standard InChI is InChI=1S/C24H29N3O2/c1-3-4-5-9-21-23(20-8-6-7-15-26-20)22(24(25)29)17(2)27(21)16-14-18-10-12-19(28)13-11-18/h6-8,10-13,15,28H,3-5,9,14,16H2,1-2H3,(H2,25,29). The monoisotopic (exact) mass is 391 g/mol. The Bertz CT molecular complexity index is 960. The van der Waals surface area contributed by atoms with Crippen LogP contribution in [0.4, 0.5) is 0 Å². The highest BCUT2D eigenvalue weighted by Crippen LogP contribution is 2.33. The number of aryl methyl sites for hydroxylation is 1. The number of phenolic OH excluding ortho intramolecular Hbond substituents is 1. The summed E-state index contributed by atoms with van der Waals surface area (Å²) in [5, 5.41) is 9.51. The number of aromatic nitrogens is 2. The Hall–Kier alpha value is -3.08. The summed E-state index contributed by atoms with van der Waals surface area (Å²) in [7, 11) is 0. The second-order valence-electron chi connectivity index (χ2n) is 7.39. The molecular formula is C24H29N3O2. The maximum atomic E-state index is 12.4. The average molecular weight is 392 g/mol. The van der Waals surface area contributed by atoms with E-state index in [1.807, 2.05) is 37.3 Å². The molecule has 2 heterocycles. The third-order valence-corrected chi connectivity index (χ3v) is 5.38. The molecule has 0 fully saturated rings. The molecule has 0 saturated carbocycles. The molecule has 0 unspecified atom stereocenters. The minimum atomic E-state index is -0.414. The molecule has 0 aliphatic carbocycles. The Morgan fingerprint density at radius 3 is 2.48 bits per heavy atom. The first-order valence-corrected chi connectivity index (χ1v) is 10.2. The van der Waals surface area contributed by atoms with Crippen molar-refractivity contribution in [2.24, 2.45) is 5.73 Å². The SMILES string of the molecule is CCCCCc1c(-c2ccccn2)c(C(N)=O)c(C)n1CCc1ccc(O)cc1. The van der Waals surface area contributed by atoms with E-state index in [1.54, 1.807) is 18.3 Å². The number of hydrogen-bond acceptors (Lipinski definition) is 3. The van der Waals surface area contributed by atoms with Crippen LogP contribution in [0.15, 0.2) is 48.7 Å². The highest BCUT2D eigenvalue weighted by molar-refractivity contribution is 6.01. The van der Waals surface area contributed by atoms with Gasteiger partial charge in [-0.25, -0.2) is 0 Å². The van der Waals surface area contributed by atoms with Gasteiger partial charge in [0.15, 0.2) is 0 Å². The lowest BCUT2D eigenvalue weighted by atomic mass is 10.0. The zero-order valence-corrected chi connectivity index (χ0v) is 17.2. The number of unbranched alkanes of at least 4 members (excludes halogenated alkanes) is 2. The lowest BCUT2D eigenvalue weighted by molar-refractivity contribution is 0.1000. The summed E-state index contributed by atoms with van der Waals surface area (Å²) in [6.07, 6.45) is 6.75. The van der Waals surface area contributed by atoms with Gasteiger partial charge in [0.1, 0.15) is 5.75 Å². The summed E-state index contributed by atoms with van der Waals surface area (Å²) in [6.45, 7) is 4.89. The molecule has 5 nitrogen and oxygen atoms in total. The molecule has 0 radical (unpaired) electrons. The number of carbonyl (C=O) groups is 1. The molecule has 0 aliphatic rings. The molecule has 29 heavy (non-hydrogen) atoms. The second kappa shape index (κ2) is 9.41. The number of amides is 1. The van der Waals surface area contributed by atoms with Crippen molar-refractivity contribution < 1.29 is 9.90 Å². The number of rotatable bonds is 9. The molecule has 0 spiro atoms. The largest absolute Gasteiger partial charge is 0.508 e. The van der Waals surface area contributed by atoms with Gasteiger partial charge >= 0.3 is 0 Å². The normalized spacial score (nSPS) is 11.0. The third kappa shape index (κ3) is 4.67. The maximum absolute atomic E-state index is 12.4. The number of nitrogens with two attached hydrogens (primary N) is 1. The van der Waals surface area contributed by atoms with Crippen LogP contribution in [0.3, 0.4) is 0 Å². The van der Waals surface area contributed by atoms with Crippen molar-refractivity contribution in [3.63, 3.8) is 0 Å². The molecule has 2 aromatic heterocycles. The molecule has 1 aromatic carbocycles. The first kappa shape index (κ1) is 20.6. The van der Waals surface area contributed by atoms with Crippen molar-refractivity contribution in [1.82, 2.24) is 9.55 Å². The molecule has 3 N–H and O–H groups in total. The van der Waals surface area contributed by atoms with Gasteiger partial charge in [0, 0.05) is 29.7 Å². The van der Waals surface area contributed by atoms with Gasteiger partial charge < -0.3 is 15.4 Å². The van der Waals surface area contributed by atoms with E-state index in [-0.39, 0.29) is 5.75 Å². The van der Waals surface area contributed by atoms with Crippen molar-refractivity contribution in [3.05, 3.63) is 71.2 Å². The Balaban J connectivity index is 2.05. The van der Waals surface area contributed by atoms with Gasteiger partial charge in [-0.2, -0.15) is 0 Å². The molecule has 5 heteroatoms. The summed E-state index contributed by atoms with van der Waals surface area (Å²) in [5.74, 6) is -0.150. The van der Waals surface area contributed by atoms with Crippen LogP contribution >= 0.6 is 0 Å². The lowest BCUT2D eigenvalue weighted by Gasteiger charge is -2.13. The molecule has 152 valence electrons. The van der Waals surface area contributed by atoms with Gasteiger partial charge in [0.2, 0.25) is 0 Å². The molecule has 0 aliphatic heterocycles. The van der Waals surface area contributed by atoms with E-state index in [1.165, 1.54) is 0 Å². The van der Waals surface area contributed by atoms with Crippen LogP contribution in [0.5, 0.6) is 5.75 Å². The topological polar surface area (TPSA) is 81.1 Å². The molecular weight excluding hydrogens is 362 g/mol. The van der Waals surface area contributed by atoms with E-state index in [2.05, 4.69) is 16.5 Å². The van der Waals surface area contributed by atoms with Gasteiger partial charge in [-0.1, -0.05) is 38.0 Å². The van der Waals surface area contributed by atoms with E-state index in [0.717, 1.165) is 66.9 Å². The van der Waals surface area contributed by atoms with Gasteiger partial charge in [0.05, 0.1) is 11.3 Å². The Kier molecular flexibility index (Phi) is 6.70. The van der Waals surface area contributed by atoms with Crippen LogP contribution in [-0.4, -0.2) is 20.6 Å². The Morgan fingerprint density at radius 2 is 1.86 bits per heavy atom. The number of primary amides is 1. The van der Waals surface area contributed by atoms with Crippen molar-refractivity contribution in [2.75, 3.05) is 0 Å². The summed E-state index contributed by atoms with van der Waals surface area (Å²) in [6, 6.07) is 13.0. The molecule has 3 rings (SSSR count). The van der Waals surface area contributed by atoms with E-state index >= 15 is 0 Å². The highest BCUT2D eigenvalue weighted by atomic mass is 16.3. The number of pyridine rings is 1. The number of phenols is 1. The van der Waals surface area contributed by atoms with Crippen molar-refractivity contribution in [3.8, 4) is 17.0 Å². The first-order chi connectivity index (χ1) is 14.0. The smallest absolute Gasteiger partial charge is 0.251 e. The Morgan fingerprint density at radius 1 is 1.10 bits per heavy atom. The van der Waals surface area contributed by atoms with E-state index < -0.39 is 5.91 Å². The number of aromatic hydroxyl groups is 1. The van der Waals surface area contributed by atoms with Crippen molar-refractivity contribution in [1.29, 1.82) is 0 Å². The van der Waals surface area contributed by atoms with Crippen LogP contribution in [0.2, 0.25) is 0 Å².